The molecule has 0 aliphatic carbocycles. The summed E-state index contributed by atoms with van der Waals surface area (Å²) in [7, 11) is 1.37. The summed E-state index contributed by atoms with van der Waals surface area (Å²) < 4.78 is 5.05. The molecule has 206 valence electrons. The number of aliphatic imine (C=N–C) groups is 1. The number of methoxy groups -OCH3 is 1. The number of rotatable bonds is 9. The molecule has 11 heteroatoms. The quantitative estimate of drug-likeness (QED) is 0.323. The third-order valence-electron chi connectivity index (χ3n) is 6.39. The van der Waals surface area contributed by atoms with Gasteiger partial charge in [-0.1, -0.05) is 48.5 Å². The molecule has 0 saturated heterocycles. The maximum atomic E-state index is 14.1. The molecule has 3 amide bonds. The van der Waals surface area contributed by atoms with Gasteiger partial charge in [0, 0.05) is 20.2 Å². The van der Waals surface area contributed by atoms with E-state index in [1.165, 1.54) is 24.3 Å². The predicted octanol–water partition coefficient (Wildman–Crippen LogP) is 2.46. The lowest BCUT2D eigenvalue weighted by molar-refractivity contribution is -0.145. The van der Waals surface area contributed by atoms with Crippen molar-refractivity contribution in [1.82, 2.24) is 5.01 Å². The third-order valence-corrected chi connectivity index (χ3v) is 6.39. The number of carbonyl (C=O) groups excluding carboxylic acids is 4. The molecule has 40 heavy (non-hydrogen) atoms. The highest BCUT2D eigenvalue weighted by Gasteiger charge is 2.42. The number of amides is 3. The molecule has 0 bridgehead atoms. The fourth-order valence-electron chi connectivity index (χ4n) is 4.61. The predicted molar refractivity (Wildman–Crippen MR) is 148 cm³/mol. The van der Waals surface area contributed by atoms with Gasteiger partial charge in [-0.25, -0.2) is 10.0 Å². The van der Waals surface area contributed by atoms with Gasteiger partial charge in [0.2, 0.25) is 5.91 Å². The molecule has 2 atom stereocenters. The van der Waals surface area contributed by atoms with Crippen LogP contribution in [0.1, 0.15) is 18.9 Å². The Morgan fingerprint density at radius 3 is 2.40 bits per heavy atom. The van der Waals surface area contributed by atoms with Crippen molar-refractivity contribution < 1.29 is 33.8 Å². The Morgan fingerprint density at radius 2 is 1.75 bits per heavy atom. The molecule has 1 aliphatic heterocycles. The summed E-state index contributed by atoms with van der Waals surface area (Å²) in [6.45, 7) is 0.658. The smallest absolute Gasteiger partial charge is 0.305 e. The summed E-state index contributed by atoms with van der Waals surface area (Å²) in [4.78, 5) is 69.5. The van der Waals surface area contributed by atoms with Crippen molar-refractivity contribution in [3.8, 4) is 0 Å². The number of para-hydroxylation sites is 2. The Balaban J connectivity index is 1.84. The molecule has 0 unspecified atom stereocenters. The van der Waals surface area contributed by atoms with E-state index in [4.69, 9.17) is 4.74 Å². The lowest BCUT2D eigenvalue weighted by atomic mass is 10.1. The van der Waals surface area contributed by atoms with E-state index in [0.717, 1.165) is 27.7 Å². The second-order valence-corrected chi connectivity index (χ2v) is 9.14. The number of aliphatic carboxylic acids is 1. The van der Waals surface area contributed by atoms with Crippen LogP contribution in [0.3, 0.4) is 0 Å². The number of aldehydes is 1. The maximum Gasteiger partial charge on any atom is 0.305 e. The van der Waals surface area contributed by atoms with Crippen LogP contribution in [-0.4, -0.2) is 78.7 Å². The highest BCUT2D eigenvalue weighted by molar-refractivity contribution is 6.09. The van der Waals surface area contributed by atoms with Gasteiger partial charge >= 0.3 is 5.97 Å². The van der Waals surface area contributed by atoms with Crippen molar-refractivity contribution >= 4 is 58.3 Å². The first-order valence-corrected chi connectivity index (χ1v) is 12.5. The van der Waals surface area contributed by atoms with Crippen LogP contribution in [0.25, 0.3) is 10.8 Å². The van der Waals surface area contributed by atoms with E-state index < -0.39 is 42.2 Å². The summed E-state index contributed by atoms with van der Waals surface area (Å²) in [6.07, 6.45) is 1.08. The number of fused-ring (bicyclic) bond motifs is 2. The standard InChI is InChI=1S/C29H28N4O7/c1-19(35)32(23(17-34)14-28(37)38)33-26-10-6-5-9-25(26)31(27(36)18-40-2)16-24(29(33)39)30-15-20-11-12-21-7-3-4-8-22(21)13-20/h3-13,15,17,23-24H,14,16,18H2,1-2H3,(H,37,38)/t23-,24-/m0/s1. The van der Waals surface area contributed by atoms with Crippen LogP contribution in [0.2, 0.25) is 0 Å². The van der Waals surface area contributed by atoms with Gasteiger partial charge in [0.25, 0.3) is 11.8 Å². The number of ether oxygens (including phenoxy) is 1. The van der Waals surface area contributed by atoms with Gasteiger partial charge in [0.05, 0.1) is 24.3 Å². The summed E-state index contributed by atoms with van der Waals surface area (Å²) in [6, 6.07) is 17.1. The Bertz CT molecular complexity index is 1490. The Hall–Kier alpha value is -4.90. The Kier molecular flexibility index (Phi) is 8.65. The lowest BCUT2D eigenvalue weighted by Gasteiger charge is -2.37. The molecular formula is C29H28N4O7. The van der Waals surface area contributed by atoms with Crippen LogP contribution in [0.4, 0.5) is 11.4 Å². The molecule has 0 aromatic heterocycles. The van der Waals surface area contributed by atoms with Crippen molar-refractivity contribution in [2.45, 2.75) is 25.4 Å². The van der Waals surface area contributed by atoms with E-state index in [0.29, 0.717) is 11.8 Å². The van der Waals surface area contributed by atoms with Crippen molar-refractivity contribution in [2.75, 3.05) is 30.2 Å². The van der Waals surface area contributed by atoms with Gasteiger partial charge in [-0.2, -0.15) is 0 Å². The number of hydrogen-bond donors (Lipinski definition) is 1. The number of hydrogen-bond acceptors (Lipinski definition) is 7. The molecule has 0 saturated carbocycles. The van der Waals surface area contributed by atoms with E-state index in [9.17, 15) is 29.1 Å². The van der Waals surface area contributed by atoms with E-state index in [2.05, 4.69) is 4.99 Å². The highest BCUT2D eigenvalue weighted by Crippen LogP contribution is 2.35. The minimum atomic E-state index is -1.49. The highest BCUT2D eigenvalue weighted by atomic mass is 16.5. The molecule has 0 fully saturated rings. The first-order valence-electron chi connectivity index (χ1n) is 12.5. The molecule has 0 spiro atoms. The Morgan fingerprint density at radius 1 is 1.07 bits per heavy atom. The number of hydrazine groups is 1. The van der Waals surface area contributed by atoms with Crippen molar-refractivity contribution in [1.29, 1.82) is 0 Å². The molecule has 11 nitrogen and oxygen atoms in total. The average molecular weight is 545 g/mol. The topological polar surface area (TPSA) is 137 Å². The first-order chi connectivity index (χ1) is 19.2. The molecule has 4 rings (SSSR count). The number of nitrogens with zero attached hydrogens (tertiary/aromatic N) is 4. The van der Waals surface area contributed by atoms with Gasteiger partial charge in [-0.3, -0.25) is 24.2 Å². The van der Waals surface area contributed by atoms with Gasteiger partial charge in [0.1, 0.15) is 25.0 Å². The van der Waals surface area contributed by atoms with Crippen LogP contribution >= 0.6 is 0 Å². The number of carboxylic acid groups (broad SMARTS) is 1. The summed E-state index contributed by atoms with van der Waals surface area (Å²) >= 11 is 0. The minimum Gasteiger partial charge on any atom is -0.481 e. The molecule has 0 radical (unpaired) electrons. The largest absolute Gasteiger partial charge is 0.481 e. The molecule has 1 N–H and O–H groups in total. The van der Waals surface area contributed by atoms with Gasteiger partial charge < -0.3 is 19.5 Å². The monoisotopic (exact) mass is 544 g/mol. The minimum absolute atomic E-state index is 0.118. The molecule has 3 aromatic carbocycles. The van der Waals surface area contributed by atoms with Crippen molar-refractivity contribution in [2.24, 2.45) is 4.99 Å². The molecule has 1 aliphatic rings. The fourth-order valence-corrected chi connectivity index (χ4v) is 4.61. The maximum absolute atomic E-state index is 14.1. The van der Waals surface area contributed by atoms with Crippen molar-refractivity contribution in [3.05, 3.63) is 72.3 Å². The zero-order valence-corrected chi connectivity index (χ0v) is 22.0. The SMILES string of the molecule is COCC(=O)N1C[C@H](N=Cc2ccc3ccccc3c2)C(=O)N(N(C(C)=O)[C@H](C=O)CC(=O)O)c2ccccc21. The van der Waals surface area contributed by atoms with E-state index in [1.807, 2.05) is 42.5 Å². The van der Waals surface area contributed by atoms with Crippen LogP contribution < -0.4 is 9.91 Å². The zero-order chi connectivity index (χ0) is 28.8. The summed E-state index contributed by atoms with van der Waals surface area (Å²) in [5.74, 6) is -3.25. The Labute approximate surface area is 230 Å². The first kappa shape index (κ1) is 28.1. The van der Waals surface area contributed by atoms with Crippen LogP contribution in [0, 0.1) is 0 Å². The second-order valence-electron chi connectivity index (χ2n) is 9.14. The second kappa shape index (κ2) is 12.3. The van der Waals surface area contributed by atoms with E-state index >= 15 is 0 Å². The van der Waals surface area contributed by atoms with Crippen LogP contribution in [0.15, 0.2) is 71.7 Å². The molecule has 3 aromatic rings. The lowest BCUT2D eigenvalue weighted by Crippen LogP contribution is -2.57. The number of carboxylic acids is 1. The average Bonchev–Trinajstić information content (AvgIpc) is 3.05. The van der Waals surface area contributed by atoms with Gasteiger partial charge in [0.15, 0.2) is 0 Å². The van der Waals surface area contributed by atoms with E-state index in [-0.39, 0.29) is 24.5 Å². The number of anilines is 2. The third kappa shape index (κ3) is 5.89. The summed E-state index contributed by atoms with van der Waals surface area (Å²) in [5.41, 5.74) is 1.09. The zero-order valence-electron chi connectivity index (χ0n) is 22.0. The van der Waals surface area contributed by atoms with Crippen LogP contribution in [0.5, 0.6) is 0 Å². The normalized spacial score (nSPS) is 15.9. The van der Waals surface area contributed by atoms with Crippen molar-refractivity contribution in [3.63, 3.8) is 0 Å². The number of carbonyl (C=O) groups is 5. The van der Waals surface area contributed by atoms with E-state index in [1.54, 1.807) is 18.2 Å². The number of benzene rings is 3. The fraction of sp³-hybridized carbons (Fsp3) is 0.241. The van der Waals surface area contributed by atoms with Gasteiger partial charge in [-0.05, 0) is 34.5 Å². The molecule has 1 heterocycles. The van der Waals surface area contributed by atoms with Crippen LogP contribution in [-0.2, 0) is 28.7 Å². The van der Waals surface area contributed by atoms with Gasteiger partial charge in [-0.15, -0.1) is 0 Å². The summed E-state index contributed by atoms with van der Waals surface area (Å²) in [5, 5.41) is 13.1. The molecular weight excluding hydrogens is 516 g/mol.